The lowest BCUT2D eigenvalue weighted by molar-refractivity contribution is -0.121. The van der Waals surface area contributed by atoms with Crippen molar-refractivity contribution < 1.29 is 19.1 Å². The third-order valence-corrected chi connectivity index (χ3v) is 3.92. The van der Waals surface area contributed by atoms with Crippen molar-refractivity contribution in [1.82, 2.24) is 0 Å². The Morgan fingerprint density at radius 2 is 2.12 bits per heavy atom. The summed E-state index contributed by atoms with van der Waals surface area (Å²) < 4.78 is 10.6. The van der Waals surface area contributed by atoms with Crippen LogP contribution < -0.4 is 19.7 Å². The number of rotatable bonds is 5. The van der Waals surface area contributed by atoms with Crippen molar-refractivity contribution in [2.24, 2.45) is 0 Å². The van der Waals surface area contributed by atoms with E-state index >= 15 is 0 Å². The van der Waals surface area contributed by atoms with Gasteiger partial charge in [0, 0.05) is 17.8 Å². The van der Waals surface area contributed by atoms with E-state index in [0.29, 0.717) is 35.0 Å². The van der Waals surface area contributed by atoms with Crippen molar-refractivity contribution in [3.05, 3.63) is 60.2 Å². The molecule has 1 heterocycles. The first-order valence-corrected chi connectivity index (χ1v) is 8.15. The molecule has 0 spiro atoms. The van der Waals surface area contributed by atoms with Crippen LogP contribution in [0.4, 0.5) is 11.4 Å². The number of anilines is 2. The van der Waals surface area contributed by atoms with Crippen LogP contribution in [0, 0.1) is 0 Å². The molecule has 0 atom stereocenters. The summed E-state index contributed by atoms with van der Waals surface area (Å²) in [6, 6.07) is 12.1. The van der Waals surface area contributed by atoms with Crippen LogP contribution in [0.25, 0.3) is 0 Å². The minimum atomic E-state index is -0.265. The van der Waals surface area contributed by atoms with Gasteiger partial charge >= 0.3 is 0 Å². The van der Waals surface area contributed by atoms with Crippen LogP contribution in [-0.2, 0) is 4.79 Å². The van der Waals surface area contributed by atoms with Crippen LogP contribution in [0.3, 0.4) is 0 Å². The molecule has 0 bridgehead atoms. The SMILES string of the molecule is C=C(C)CN1C(=O)COc2ccc(NC(=O)c3cccc(OC)c3)cc21. The zero-order valence-electron chi connectivity index (χ0n) is 14.7. The molecule has 3 rings (SSSR count). The summed E-state index contributed by atoms with van der Waals surface area (Å²) in [6.07, 6.45) is 0. The molecule has 6 nitrogen and oxygen atoms in total. The zero-order chi connectivity index (χ0) is 18.7. The van der Waals surface area contributed by atoms with E-state index in [1.807, 2.05) is 6.92 Å². The lowest BCUT2D eigenvalue weighted by Crippen LogP contribution is -2.39. The van der Waals surface area contributed by atoms with Crippen LogP contribution in [-0.4, -0.2) is 32.1 Å². The molecular weight excluding hydrogens is 332 g/mol. The minimum absolute atomic E-state index is 0.00417. The van der Waals surface area contributed by atoms with Crippen LogP contribution in [0.2, 0.25) is 0 Å². The molecule has 2 amide bonds. The van der Waals surface area contributed by atoms with E-state index < -0.39 is 0 Å². The third-order valence-electron chi connectivity index (χ3n) is 3.92. The highest BCUT2D eigenvalue weighted by Gasteiger charge is 2.26. The Morgan fingerprint density at radius 3 is 2.85 bits per heavy atom. The lowest BCUT2D eigenvalue weighted by Gasteiger charge is -2.30. The predicted octanol–water partition coefficient (Wildman–Crippen LogP) is 3.25. The first-order chi connectivity index (χ1) is 12.5. The van der Waals surface area contributed by atoms with Gasteiger partial charge in [-0.3, -0.25) is 9.59 Å². The number of nitrogens with zero attached hydrogens (tertiary/aromatic N) is 1. The second-order valence-corrected chi connectivity index (χ2v) is 6.09. The number of methoxy groups -OCH3 is 1. The van der Waals surface area contributed by atoms with E-state index in [9.17, 15) is 9.59 Å². The maximum Gasteiger partial charge on any atom is 0.265 e. The fourth-order valence-electron chi connectivity index (χ4n) is 2.69. The number of amides is 2. The van der Waals surface area contributed by atoms with Gasteiger partial charge in [0.15, 0.2) is 6.61 Å². The number of ether oxygens (including phenoxy) is 2. The molecular formula is C20H20N2O4. The normalized spacial score (nSPS) is 12.8. The Labute approximate surface area is 152 Å². The third kappa shape index (κ3) is 3.69. The van der Waals surface area contributed by atoms with E-state index in [1.54, 1.807) is 54.5 Å². The van der Waals surface area contributed by atoms with E-state index in [0.717, 1.165) is 5.57 Å². The van der Waals surface area contributed by atoms with Crippen LogP contribution >= 0.6 is 0 Å². The van der Waals surface area contributed by atoms with Gasteiger partial charge in [-0.05, 0) is 43.3 Å². The van der Waals surface area contributed by atoms with Crippen LogP contribution in [0.1, 0.15) is 17.3 Å². The summed E-state index contributed by atoms with van der Waals surface area (Å²) >= 11 is 0. The Morgan fingerprint density at radius 1 is 1.31 bits per heavy atom. The fraction of sp³-hybridized carbons (Fsp3) is 0.200. The molecule has 0 fully saturated rings. The van der Waals surface area contributed by atoms with Gasteiger partial charge in [0.05, 0.1) is 12.8 Å². The number of fused-ring (bicyclic) bond motifs is 1. The van der Waals surface area contributed by atoms with Crippen LogP contribution in [0.15, 0.2) is 54.6 Å². The maximum atomic E-state index is 12.5. The highest BCUT2D eigenvalue weighted by molar-refractivity contribution is 6.05. The summed E-state index contributed by atoms with van der Waals surface area (Å²) in [5, 5.41) is 2.84. The number of hydrogen-bond donors (Lipinski definition) is 1. The lowest BCUT2D eigenvalue weighted by atomic mass is 10.1. The molecule has 0 saturated carbocycles. The van der Waals surface area contributed by atoms with Gasteiger partial charge in [0.2, 0.25) is 0 Å². The molecule has 0 unspecified atom stereocenters. The maximum absolute atomic E-state index is 12.5. The van der Waals surface area contributed by atoms with E-state index in [-0.39, 0.29) is 18.4 Å². The number of carbonyl (C=O) groups excluding carboxylic acids is 2. The zero-order valence-corrected chi connectivity index (χ0v) is 14.7. The first kappa shape index (κ1) is 17.5. The van der Waals surface area contributed by atoms with Crippen molar-refractivity contribution in [3.63, 3.8) is 0 Å². The summed E-state index contributed by atoms with van der Waals surface area (Å²) in [6.45, 7) is 6.13. The summed E-state index contributed by atoms with van der Waals surface area (Å²) in [5.74, 6) is 0.801. The number of hydrogen-bond acceptors (Lipinski definition) is 4. The van der Waals surface area contributed by atoms with Crippen molar-refractivity contribution in [2.75, 3.05) is 30.5 Å². The molecule has 0 aliphatic carbocycles. The van der Waals surface area contributed by atoms with E-state index in [2.05, 4.69) is 11.9 Å². The quantitative estimate of drug-likeness (QED) is 0.839. The minimum Gasteiger partial charge on any atom is -0.497 e. The van der Waals surface area contributed by atoms with Crippen molar-refractivity contribution >= 4 is 23.2 Å². The standard InChI is InChI=1S/C20H20N2O4/c1-13(2)11-22-17-10-15(7-8-18(17)26-12-19(22)23)21-20(24)14-5-4-6-16(9-14)25-3/h4-10H,1,11-12H2,2-3H3,(H,21,24). The molecule has 2 aromatic carbocycles. The highest BCUT2D eigenvalue weighted by atomic mass is 16.5. The van der Waals surface area contributed by atoms with Gasteiger partial charge in [-0.25, -0.2) is 0 Å². The Balaban J connectivity index is 1.85. The molecule has 0 radical (unpaired) electrons. The second kappa shape index (κ2) is 7.31. The van der Waals surface area contributed by atoms with Crippen molar-refractivity contribution in [2.45, 2.75) is 6.92 Å². The number of nitrogens with one attached hydrogen (secondary N) is 1. The van der Waals surface area contributed by atoms with Gasteiger partial charge < -0.3 is 19.7 Å². The summed E-state index contributed by atoms with van der Waals surface area (Å²) in [4.78, 5) is 26.3. The first-order valence-electron chi connectivity index (χ1n) is 8.15. The fourth-order valence-corrected chi connectivity index (χ4v) is 2.69. The Hall–Kier alpha value is -3.28. The van der Waals surface area contributed by atoms with Gasteiger partial charge in [-0.1, -0.05) is 18.2 Å². The second-order valence-electron chi connectivity index (χ2n) is 6.09. The Kier molecular flexibility index (Phi) is 4.93. The molecule has 2 aromatic rings. The molecule has 1 aliphatic heterocycles. The molecule has 0 saturated heterocycles. The molecule has 0 aromatic heterocycles. The van der Waals surface area contributed by atoms with Gasteiger partial charge in [-0.2, -0.15) is 0 Å². The number of carbonyl (C=O) groups is 2. The topological polar surface area (TPSA) is 67.9 Å². The monoisotopic (exact) mass is 352 g/mol. The largest absolute Gasteiger partial charge is 0.497 e. The summed E-state index contributed by atoms with van der Waals surface area (Å²) in [7, 11) is 1.55. The highest BCUT2D eigenvalue weighted by Crippen LogP contribution is 2.35. The molecule has 6 heteroatoms. The van der Waals surface area contributed by atoms with E-state index in [4.69, 9.17) is 9.47 Å². The van der Waals surface area contributed by atoms with Gasteiger partial charge in [-0.15, -0.1) is 0 Å². The molecule has 134 valence electrons. The number of benzene rings is 2. The smallest absolute Gasteiger partial charge is 0.265 e. The average Bonchev–Trinajstić information content (AvgIpc) is 2.64. The molecule has 1 N–H and O–H groups in total. The van der Waals surface area contributed by atoms with E-state index in [1.165, 1.54) is 0 Å². The van der Waals surface area contributed by atoms with Crippen molar-refractivity contribution in [1.29, 1.82) is 0 Å². The van der Waals surface area contributed by atoms with Crippen molar-refractivity contribution in [3.8, 4) is 11.5 Å². The molecule has 1 aliphatic rings. The Bertz CT molecular complexity index is 876. The predicted molar refractivity (Wildman–Crippen MR) is 100 cm³/mol. The summed E-state index contributed by atoms with van der Waals surface area (Å²) in [5.41, 5.74) is 2.53. The van der Waals surface area contributed by atoms with Gasteiger partial charge in [0.1, 0.15) is 11.5 Å². The van der Waals surface area contributed by atoms with Gasteiger partial charge in [0.25, 0.3) is 11.8 Å². The average molecular weight is 352 g/mol. The molecule has 26 heavy (non-hydrogen) atoms. The van der Waals surface area contributed by atoms with Crippen LogP contribution in [0.5, 0.6) is 11.5 Å².